The van der Waals surface area contributed by atoms with Crippen LogP contribution in [0.4, 0.5) is 0 Å². The van der Waals surface area contributed by atoms with Gasteiger partial charge < -0.3 is 4.90 Å². The number of amides is 1. The van der Waals surface area contributed by atoms with Crippen molar-refractivity contribution in [3.63, 3.8) is 0 Å². The van der Waals surface area contributed by atoms with Crippen molar-refractivity contribution in [3.8, 4) is 11.3 Å². The van der Waals surface area contributed by atoms with Crippen molar-refractivity contribution in [1.29, 1.82) is 0 Å². The van der Waals surface area contributed by atoms with Gasteiger partial charge in [0.2, 0.25) is 0 Å². The summed E-state index contributed by atoms with van der Waals surface area (Å²) in [5.74, 6) is 0.705. The number of hydrogen-bond acceptors (Lipinski definition) is 2. The number of pyridine rings is 1. The average molecular weight is 424 g/mol. The van der Waals surface area contributed by atoms with Crippen molar-refractivity contribution in [2.45, 2.75) is 52.4 Å². The highest BCUT2D eigenvalue weighted by Gasteiger charge is 2.24. The first-order chi connectivity index (χ1) is 14.6. The van der Waals surface area contributed by atoms with E-state index in [4.69, 9.17) is 16.6 Å². The number of halogens is 1. The Labute approximate surface area is 183 Å². The first kappa shape index (κ1) is 20.9. The van der Waals surface area contributed by atoms with E-state index in [1.165, 1.54) is 32.1 Å². The molecular weight excluding hydrogens is 394 g/mol. The molecule has 158 valence electrons. The maximum Gasteiger partial charge on any atom is 0.270 e. The molecule has 1 saturated carbocycles. The predicted molar refractivity (Wildman–Crippen MR) is 123 cm³/mol. The Morgan fingerprint density at radius 3 is 2.43 bits per heavy atom. The standard InChI is InChI=1S/C25H30ClN3O/c1-3-28(4-2)25(30)21-11-8-12-23-27-24(19-13-15-20(26)16-14-19)22(29(21)23)17-18-9-6-5-7-10-18/h8,11-16,18H,3-7,9-10,17H2,1-2H3. The highest BCUT2D eigenvalue weighted by Crippen LogP contribution is 2.33. The second-order valence-corrected chi connectivity index (χ2v) is 8.64. The molecule has 0 atom stereocenters. The van der Waals surface area contributed by atoms with Gasteiger partial charge in [-0.1, -0.05) is 61.9 Å². The Balaban J connectivity index is 1.88. The summed E-state index contributed by atoms with van der Waals surface area (Å²) >= 11 is 6.13. The molecule has 30 heavy (non-hydrogen) atoms. The SMILES string of the molecule is CCN(CC)C(=O)c1cccc2nc(-c3ccc(Cl)cc3)c(CC3CCCCC3)n12. The van der Waals surface area contributed by atoms with E-state index in [0.29, 0.717) is 29.7 Å². The Kier molecular flexibility index (Phi) is 6.43. The van der Waals surface area contributed by atoms with Crippen LogP contribution in [0.2, 0.25) is 5.02 Å². The van der Waals surface area contributed by atoms with Gasteiger partial charge in [0, 0.05) is 23.7 Å². The maximum absolute atomic E-state index is 13.3. The molecule has 1 aliphatic rings. The molecule has 0 unspecified atom stereocenters. The van der Waals surface area contributed by atoms with Gasteiger partial charge in [-0.3, -0.25) is 9.20 Å². The monoisotopic (exact) mass is 423 g/mol. The van der Waals surface area contributed by atoms with Crippen molar-refractivity contribution >= 4 is 23.2 Å². The van der Waals surface area contributed by atoms with Crippen LogP contribution in [0.5, 0.6) is 0 Å². The van der Waals surface area contributed by atoms with Crippen LogP contribution in [-0.4, -0.2) is 33.3 Å². The van der Waals surface area contributed by atoms with Gasteiger partial charge in [0.1, 0.15) is 11.3 Å². The molecule has 2 heterocycles. The zero-order chi connectivity index (χ0) is 21.1. The molecule has 1 fully saturated rings. The molecule has 2 aromatic heterocycles. The smallest absolute Gasteiger partial charge is 0.270 e. The second kappa shape index (κ2) is 9.22. The van der Waals surface area contributed by atoms with Crippen LogP contribution in [0.15, 0.2) is 42.5 Å². The molecule has 1 amide bonds. The largest absolute Gasteiger partial charge is 0.338 e. The van der Waals surface area contributed by atoms with E-state index in [9.17, 15) is 4.79 Å². The lowest BCUT2D eigenvalue weighted by Crippen LogP contribution is -2.32. The molecule has 3 aromatic rings. The van der Waals surface area contributed by atoms with Crippen molar-refractivity contribution < 1.29 is 4.79 Å². The van der Waals surface area contributed by atoms with E-state index in [1.54, 1.807) is 0 Å². The third-order valence-corrected chi connectivity index (χ3v) is 6.59. The van der Waals surface area contributed by atoms with Crippen LogP contribution in [0.3, 0.4) is 0 Å². The van der Waals surface area contributed by atoms with Crippen molar-refractivity contribution in [3.05, 3.63) is 58.9 Å². The minimum Gasteiger partial charge on any atom is -0.338 e. The number of nitrogens with zero attached hydrogens (tertiary/aromatic N) is 3. The molecule has 4 rings (SSSR count). The summed E-state index contributed by atoms with van der Waals surface area (Å²) in [5, 5.41) is 0.716. The lowest BCUT2D eigenvalue weighted by molar-refractivity contribution is 0.0765. The lowest BCUT2D eigenvalue weighted by atomic mass is 9.85. The summed E-state index contributed by atoms with van der Waals surface area (Å²) in [5.41, 5.74) is 4.71. The number of aromatic nitrogens is 2. The van der Waals surface area contributed by atoms with Crippen LogP contribution >= 0.6 is 11.6 Å². The predicted octanol–water partition coefficient (Wildman–Crippen LogP) is 6.26. The van der Waals surface area contributed by atoms with Gasteiger partial charge in [-0.05, 0) is 50.5 Å². The number of carbonyl (C=O) groups excluding carboxylic acids is 1. The zero-order valence-electron chi connectivity index (χ0n) is 17.9. The molecule has 0 radical (unpaired) electrons. The fourth-order valence-corrected chi connectivity index (χ4v) is 4.81. The van der Waals surface area contributed by atoms with Crippen molar-refractivity contribution in [1.82, 2.24) is 14.3 Å². The molecule has 0 bridgehead atoms. The second-order valence-electron chi connectivity index (χ2n) is 8.20. The first-order valence-electron chi connectivity index (χ1n) is 11.2. The number of carbonyl (C=O) groups is 1. The molecule has 0 N–H and O–H groups in total. The van der Waals surface area contributed by atoms with Crippen LogP contribution < -0.4 is 0 Å². The summed E-state index contributed by atoms with van der Waals surface area (Å²) in [4.78, 5) is 20.2. The van der Waals surface area contributed by atoms with Gasteiger partial charge >= 0.3 is 0 Å². The van der Waals surface area contributed by atoms with E-state index in [2.05, 4.69) is 4.40 Å². The summed E-state index contributed by atoms with van der Waals surface area (Å²) in [7, 11) is 0. The van der Waals surface area contributed by atoms with Gasteiger partial charge in [0.05, 0.1) is 11.4 Å². The van der Waals surface area contributed by atoms with Crippen LogP contribution in [0.1, 0.15) is 62.1 Å². The highest BCUT2D eigenvalue weighted by atomic mass is 35.5. The molecule has 0 spiro atoms. The van der Waals surface area contributed by atoms with Gasteiger partial charge in [-0.2, -0.15) is 0 Å². The third-order valence-electron chi connectivity index (χ3n) is 6.33. The van der Waals surface area contributed by atoms with E-state index < -0.39 is 0 Å². The van der Waals surface area contributed by atoms with E-state index in [0.717, 1.165) is 29.0 Å². The summed E-state index contributed by atoms with van der Waals surface area (Å²) < 4.78 is 2.11. The summed E-state index contributed by atoms with van der Waals surface area (Å²) in [6.45, 7) is 5.44. The van der Waals surface area contributed by atoms with Gasteiger partial charge in [0.25, 0.3) is 5.91 Å². The maximum atomic E-state index is 13.3. The minimum atomic E-state index is 0.0653. The third kappa shape index (κ3) is 4.11. The van der Waals surface area contributed by atoms with Crippen LogP contribution in [0.25, 0.3) is 16.9 Å². The topological polar surface area (TPSA) is 37.6 Å². The molecule has 1 aliphatic carbocycles. The first-order valence-corrected chi connectivity index (χ1v) is 11.6. The fraction of sp³-hybridized carbons (Fsp3) is 0.440. The minimum absolute atomic E-state index is 0.0653. The Hall–Kier alpha value is -2.33. The van der Waals surface area contributed by atoms with Crippen LogP contribution in [0, 0.1) is 5.92 Å². The zero-order valence-corrected chi connectivity index (χ0v) is 18.7. The van der Waals surface area contributed by atoms with E-state index in [1.807, 2.05) is 61.2 Å². The highest BCUT2D eigenvalue weighted by molar-refractivity contribution is 6.30. The summed E-state index contributed by atoms with van der Waals surface area (Å²) in [6, 6.07) is 13.8. The lowest BCUT2D eigenvalue weighted by Gasteiger charge is -2.23. The van der Waals surface area contributed by atoms with Gasteiger partial charge in [-0.25, -0.2) is 4.98 Å². The number of benzene rings is 1. The van der Waals surface area contributed by atoms with Crippen LogP contribution in [-0.2, 0) is 6.42 Å². The van der Waals surface area contributed by atoms with Crippen molar-refractivity contribution in [2.75, 3.05) is 13.1 Å². The number of rotatable bonds is 6. The molecule has 1 aromatic carbocycles. The molecule has 0 aliphatic heterocycles. The number of fused-ring (bicyclic) bond motifs is 1. The molecule has 5 heteroatoms. The Morgan fingerprint density at radius 1 is 1.07 bits per heavy atom. The van der Waals surface area contributed by atoms with E-state index in [-0.39, 0.29) is 5.91 Å². The molecule has 4 nitrogen and oxygen atoms in total. The van der Waals surface area contributed by atoms with Crippen molar-refractivity contribution in [2.24, 2.45) is 5.92 Å². The molecular formula is C25H30ClN3O. The Bertz CT molecular complexity index is 1010. The van der Waals surface area contributed by atoms with Gasteiger partial charge in [0.15, 0.2) is 0 Å². The molecule has 0 saturated heterocycles. The quantitative estimate of drug-likeness (QED) is 0.469. The number of imidazole rings is 1. The van der Waals surface area contributed by atoms with E-state index >= 15 is 0 Å². The normalized spacial score (nSPS) is 14.9. The fourth-order valence-electron chi connectivity index (χ4n) is 4.69. The van der Waals surface area contributed by atoms with Gasteiger partial charge in [-0.15, -0.1) is 0 Å². The summed E-state index contributed by atoms with van der Waals surface area (Å²) in [6.07, 6.45) is 7.37. The Morgan fingerprint density at radius 2 is 1.77 bits per heavy atom. The average Bonchev–Trinajstić information content (AvgIpc) is 3.14. The number of hydrogen-bond donors (Lipinski definition) is 0.